The zero-order valence-corrected chi connectivity index (χ0v) is 15.3. The average Bonchev–Trinajstić information content (AvgIpc) is 2.49. The minimum absolute atomic E-state index is 0.119. The minimum atomic E-state index is -0.692. The normalized spacial score (nSPS) is 12.3. The molecule has 0 aliphatic heterocycles. The van der Waals surface area contributed by atoms with Gasteiger partial charge in [-0.2, -0.15) is 0 Å². The van der Waals surface area contributed by atoms with Gasteiger partial charge in [0.05, 0.1) is 29.3 Å². The molecule has 2 aromatic rings. The molecule has 0 aliphatic carbocycles. The Morgan fingerprint density at radius 2 is 2.26 bits per heavy atom. The third-order valence-electron chi connectivity index (χ3n) is 3.03. The summed E-state index contributed by atoms with van der Waals surface area (Å²) in [5.74, 6) is 0.0496. The van der Waals surface area contributed by atoms with E-state index in [0.717, 1.165) is 4.47 Å². The predicted molar refractivity (Wildman–Crippen MR) is 94.8 cm³/mol. The molecule has 0 aliphatic rings. The van der Waals surface area contributed by atoms with Crippen LogP contribution in [-0.2, 0) is 11.3 Å². The fraction of sp³-hybridized carbons (Fsp3) is 0.400. The van der Waals surface area contributed by atoms with Crippen LogP contribution in [0.4, 0.5) is 0 Å². The third-order valence-corrected chi connectivity index (χ3v) is 4.50. The maximum Gasteiger partial charge on any atom is 0.262 e. The molecule has 0 unspecified atom stereocenters. The van der Waals surface area contributed by atoms with Crippen LogP contribution < -0.4 is 10.9 Å². The molecule has 6 nitrogen and oxygen atoms in total. The summed E-state index contributed by atoms with van der Waals surface area (Å²) in [6.07, 6.45) is -0.692. The first-order valence-corrected chi connectivity index (χ1v) is 8.98. The van der Waals surface area contributed by atoms with E-state index in [1.54, 1.807) is 19.1 Å². The molecule has 0 bridgehead atoms. The number of carbonyl (C=O) groups is 1. The number of halogens is 1. The molecule has 0 radical (unpaired) electrons. The van der Waals surface area contributed by atoms with E-state index in [1.165, 1.54) is 16.3 Å². The van der Waals surface area contributed by atoms with Gasteiger partial charge in [0.25, 0.3) is 5.56 Å². The van der Waals surface area contributed by atoms with Gasteiger partial charge in [-0.3, -0.25) is 14.2 Å². The number of thioether (sulfide) groups is 1. The van der Waals surface area contributed by atoms with Gasteiger partial charge in [-0.05, 0) is 32.0 Å². The highest BCUT2D eigenvalue weighted by Crippen LogP contribution is 2.20. The second-order valence-corrected chi connectivity index (χ2v) is 6.92. The van der Waals surface area contributed by atoms with Gasteiger partial charge < -0.3 is 10.4 Å². The smallest absolute Gasteiger partial charge is 0.262 e. The van der Waals surface area contributed by atoms with Crippen LogP contribution in [0, 0.1) is 0 Å². The van der Waals surface area contributed by atoms with Crippen molar-refractivity contribution in [3.63, 3.8) is 0 Å². The summed E-state index contributed by atoms with van der Waals surface area (Å²) in [6, 6.07) is 5.27. The molecule has 8 heteroatoms. The van der Waals surface area contributed by atoms with E-state index in [1.807, 2.05) is 13.0 Å². The number of carbonyl (C=O) groups excluding carboxylic acids is 1. The Morgan fingerprint density at radius 3 is 2.91 bits per heavy atom. The van der Waals surface area contributed by atoms with Crippen molar-refractivity contribution in [3.05, 3.63) is 33.0 Å². The van der Waals surface area contributed by atoms with Crippen molar-refractivity contribution in [2.45, 2.75) is 31.7 Å². The summed E-state index contributed by atoms with van der Waals surface area (Å²) < 4.78 is 2.21. The van der Waals surface area contributed by atoms with Crippen molar-refractivity contribution < 1.29 is 9.90 Å². The quantitative estimate of drug-likeness (QED) is 0.571. The number of aromatic nitrogens is 2. The topological polar surface area (TPSA) is 84.2 Å². The zero-order chi connectivity index (χ0) is 17.0. The number of benzene rings is 1. The maximum atomic E-state index is 12.7. The third kappa shape index (κ3) is 4.55. The van der Waals surface area contributed by atoms with Gasteiger partial charge in [0.15, 0.2) is 5.16 Å². The van der Waals surface area contributed by atoms with Crippen LogP contribution in [0.15, 0.2) is 32.6 Å². The fourth-order valence-electron chi connectivity index (χ4n) is 2.09. The van der Waals surface area contributed by atoms with E-state index in [4.69, 9.17) is 0 Å². The minimum Gasteiger partial charge on any atom is -0.392 e. The first-order chi connectivity index (χ1) is 10.9. The number of hydrogen-bond acceptors (Lipinski definition) is 5. The van der Waals surface area contributed by atoms with Crippen molar-refractivity contribution >= 4 is 44.5 Å². The van der Waals surface area contributed by atoms with Gasteiger partial charge in [-0.15, -0.1) is 0 Å². The van der Waals surface area contributed by atoms with E-state index in [0.29, 0.717) is 22.6 Å². The first kappa shape index (κ1) is 18.0. The highest BCUT2D eigenvalue weighted by Gasteiger charge is 2.14. The lowest BCUT2D eigenvalue weighted by Crippen LogP contribution is -2.29. The molecular weight excluding hydrogens is 382 g/mol. The summed E-state index contributed by atoms with van der Waals surface area (Å²) in [7, 11) is 0. The van der Waals surface area contributed by atoms with Crippen LogP contribution in [-0.4, -0.2) is 39.0 Å². The number of rotatable bonds is 6. The molecule has 1 amide bonds. The largest absolute Gasteiger partial charge is 0.392 e. The van der Waals surface area contributed by atoms with Crippen LogP contribution in [0.2, 0.25) is 0 Å². The van der Waals surface area contributed by atoms with Crippen molar-refractivity contribution in [1.82, 2.24) is 14.9 Å². The van der Waals surface area contributed by atoms with Crippen LogP contribution >= 0.6 is 27.7 Å². The fourth-order valence-corrected chi connectivity index (χ4v) is 3.29. The Morgan fingerprint density at radius 1 is 1.52 bits per heavy atom. The summed E-state index contributed by atoms with van der Waals surface area (Å²) in [5, 5.41) is 13.3. The second kappa shape index (κ2) is 7.94. The highest BCUT2D eigenvalue weighted by atomic mass is 79.9. The maximum absolute atomic E-state index is 12.7. The summed E-state index contributed by atoms with van der Waals surface area (Å²) in [4.78, 5) is 28.8. The zero-order valence-electron chi connectivity index (χ0n) is 12.9. The standard InChI is InChI=1S/C15H18BrN3O3S/c1-3-17-13(21)8-23-15-18-12-5-4-10(16)6-11(12)14(22)19(15)7-9(2)20/h4-6,9,20H,3,7-8H2,1-2H3,(H,17,21)/t9-/m0/s1. The molecule has 0 fully saturated rings. The Hall–Kier alpha value is -1.38. The number of amides is 1. The highest BCUT2D eigenvalue weighted by molar-refractivity contribution is 9.10. The van der Waals surface area contributed by atoms with E-state index in [2.05, 4.69) is 26.2 Å². The van der Waals surface area contributed by atoms with Crippen LogP contribution in [0.25, 0.3) is 10.9 Å². The number of aliphatic hydroxyl groups excluding tert-OH is 1. The number of nitrogens with one attached hydrogen (secondary N) is 1. The van der Waals surface area contributed by atoms with Gasteiger partial charge in [0.1, 0.15) is 0 Å². The van der Waals surface area contributed by atoms with E-state index >= 15 is 0 Å². The monoisotopic (exact) mass is 399 g/mol. The molecule has 1 heterocycles. The molecule has 1 atom stereocenters. The molecule has 2 N–H and O–H groups in total. The molecule has 1 aromatic carbocycles. The molecule has 0 saturated heterocycles. The lowest BCUT2D eigenvalue weighted by Gasteiger charge is -2.14. The molecular formula is C15H18BrN3O3S. The van der Waals surface area contributed by atoms with E-state index < -0.39 is 6.10 Å². The van der Waals surface area contributed by atoms with E-state index in [-0.39, 0.29) is 23.8 Å². The van der Waals surface area contributed by atoms with Gasteiger partial charge in [-0.1, -0.05) is 27.7 Å². The lowest BCUT2D eigenvalue weighted by molar-refractivity contribution is -0.118. The van der Waals surface area contributed by atoms with Crippen molar-refractivity contribution in [2.75, 3.05) is 12.3 Å². The Kier molecular flexibility index (Phi) is 6.20. The number of fused-ring (bicyclic) bond motifs is 1. The van der Waals surface area contributed by atoms with Crippen molar-refractivity contribution in [2.24, 2.45) is 0 Å². The number of hydrogen-bond donors (Lipinski definition) is 2. The Balaban J connectivity index is 2.46. The van der Waals surface area contributed by atoms with E-state index in [9.17, 15) is 14.7 Å². The molecule has 2 rings (SSSR count). The summed E-state index contributed by atoms with van der Waals surface area (Å²) >= 11 is 4.53. The second-order valence-electron chi connectivity index (χ2n) is 5.06. The number of aliphatic hydroxyl groups is 1. The number of nitrogens with zero attached hydrogens (tertiary/aromatic N) is 2. The van der Waals surface area contributed by atoms with Gasteiger partial charge >= 0.3 is 0 Å². The molecule has 0 spiro atoms. The van der Waals surface area contributed by atoms with Gasteiger partial charge in [-0.25, -0.2) is 4.98 Å². The SMILES string of the molecule is CCNC(=O)CSc1nc2ccc(Br)cc2c(=O)n1C[C@H](C)O. The van der Waals surface area contributed by atoms with Crippen molar-refractivity contribution in [1.29, 1.82) is 0 Å². The molecule has 0 saturated carbocycles. The summed E-state index contributed by atoms with van der Waals surface area (Å²) in [6.45, 7) is 4.14. The van der Waals surface area contributed by atoms with Crippen LogP contribution in [0.1, 0.15) is 13.8 Å². The first-order valence-electron chi connectivity index (χ1n) is 7.20. The Labute approximate surface area is 146 Å². The van der Waals surface area contributed by atoms with Gasteiger partial charge in [0.2, 0.25) is 5.91 Å². The molecule has 23 heavy (non-hydrogen) atoms. The Bertz CT molecular complexity index is 776. The van der Waals surface area contributed by atoms with Gasteiger partial charge in [0, 0.05) is 11.0 Å². The lowest BCUT2D eigenvalue weighted by atomic mass is 10.2. The predicted octanol–water partition coefficient (Wildman–Crippen LogP) is 1.77. The van der Waals surface area contributed by atoms with Crippen LogP contribution in [0.3, 0.4) is 0 Å². The molecule has 1 aromatic heterocycles. The van der Waals surface area contributed by atoms with Crippen LogP contribution in [0.5, 0.6) is 0 Å². The molecule has 124 valence electrons. The van der Waals surface area contributed by atoms with Crippen molar-refractivity contribution in [3.8, 4) is 0 Å². The average molecular weight is 400 g/mol. The summed E-state index contributed by atoms with van der Waals surface area (Å²) in [5.41, 5.74) is 0.342.